The van der Waals surface area contributed by atoms with Crippen molar-refractivity contribution in [2.75, 3.05) is 11.5 Å². The van der Waals surface area contributed by atoms with E-state index in [0.29, 0.717) is 5.82 Å². The summed E-state index contributed by atoms with van der Waals surface area (Å²) in [5.74, 6) is 2.18. The third-order valence-corrected chi connectivity index (χ3v) is 1.95. The minimum atomic E-state index is 0.107. The Labute approximate surface area is 86.4 Å². The van der Waals surface area contributed by atoms with E-state index in [1.807, 2.05) is 19.9 Å². The highest BCUT2D eigenvalue weighted by Crippen LogP contribution is 2.23. The predicted octanol–water partition coefficient (Wildman–Crippen LogP) is 0.913. The molecule has 2 aromatic heterocycles. The van der Waals surface area contributed by atoms with Crippen molar-refractivity contribution in [3.05, 3.63) is 17.6 Å². The number of furan rings is 1. The minimum Gasteiger partial charge on any atom is -0.466 e. The van der Waals surface area contributed by atoms with E-state index in [0.717, 1.165) is 17.1 Å². The first-order valence-corrected chi connectivity index (χ1v) is 4.40. The number of nitrogens with zero attached hydrogens (tertiary/aromatic N) is 3. The summed E-state index contributed by atoms with van der Waals surface area (Å²) in [5, 5.41) is 0. The topological polar surface area (TPSA) is 104 Å². The molecule has 0 aromatic carbocycles. The van der Waals surface area contributed by atoms with E-state index < -0.39 is 0 Å². The molecule has 78 valence electrons. The second kappa shape index (κ2) is 3.23. The molecule has 0 bridgehead atoms. The van der Waals surface area contributed by atoms with Crippen LogP contribution in [0.1, 0.15) is 11.5 Å². The van der Waals surface area contributed by atoms with Crippen LogP contribution in [0.2, 0.25) is 0 Å². The Morgan fingerprint density at radius 1 is 1.07 bits per heavy atom. The SMILES string of the molecule is Cc1cc(-c2nc(N)nc(N)n2)c(C)o1. The lowest BCUT2D eigenvalue weighted by molar-refractivity contribution is 0.505. The summed E-state index contributed by atoms with van der Waals surface area (Å²) in [6, 6.07) is 1.84. The van der Waals surface area contributed by atoms with E-state index in [4.69, 9.17) is 15.9 Å². The Kier molecular flexibility index (Phi) is 2.03. The number of hydrogen-bond donors (Lipinski definition) is 2. The molecule has 0 fully saturated rings. The van der Waals surface area contributed by atoms with Gasteiger partial charge >= 0.3 is 0 Å². The Bertz CT molecular complexity index is 485. The van der Waals surface area contributed by atoms with E-state index in [1.165, 1.54) is 0 Å². The first-order valence-electron chi connectivity index (χ1n) is 4.40. The number of nitrogens with two attached hydrogens (primary N) is 2. The standard InChI is InChI=1S/C9H11N5O/c1-4-3-6(5(2)15-4)7-12-8(10)14-9(11)13-7/h3H,1-2H3,(H4,10,11,12,13,14). The van der Waals surface area contributed by atoms with Gasteiger partial charge in [-0.25, -0.2) is 0 Å². The summed E-state index contributed by atoms with van der Waals surface area (Å²) in [7, 11) is 0. The van der Waals surface area contributed by atoms with Crippen LogP contribution in [-0.2, 0) is 0 Å². The van der Waals surface area contributed by atoms with Gasteiger partial charge in [0.25, 0.3) is 0 Å². The van der Waals surface area contributed by atoms with Crippen LogP contribution in [0.5, 0.6) is 0 Å². The van der Waals surface area contributed by atoms with Gasteiger partial charge in [0.1, 0.15) is 11.5 Å². The van der Waals surface area contributed by atoms with E-state index in [2.05, 4.69) is 15.0 Å². The Morgan fingerprint density at radius 3 is 2.13 bits per heavy atom. The molecule has 2 aromatic rings. The van der Waals surface area contributed by atoms with Crippen molar-refractivity contribution in [1.82, 2.24) is 15.0 Å². The smallest absolute Gasteiger partial charge is 0.225 e. The van der Waals surface area contributed by atoms with Gasteiger partial charge in [-0.05, 0) is 19.9 Å². The van der Waals surface area contributed by atoms with Crippen molar-refractivity contribution in [1.29, 1.82) is 0 Å². The molecule has 0 amide bonds. The molecule has 0 radical (unpaired) electrons. The van der Waals surface area contributed by atoms with Crippen LogP contribution >= 0.6 is 0 Å². The minimum absolute atomic E-state index is 0.107. The quantitative estimate of drug-likeness (QED) is 0.717. The van der Waals surface area contributed by atoms with Crippen LogP contribution < -0.4 is 11.5 Å². The Morgan fingerprint density at radius 2 is 1.67 bits per heavy atom. The molecule has 0 unspecified atom stereocenters. The maximum atomic E-state index is 5.48. The lowest BCUT2D eigenvalue weighted by Gasteiger charge is -1.99. The van der Waals surface area contributed by atoms with Crippen molar-refractivity contribution in [3.8, 4) is 11.4 Å². The van der Waals surface area contributed by atoms with Crippen LogP contribution in [0.15, 0.2) is 10.5 Å². The van der Waals surface area contributed by atoms with Crippen molar-refractivity contribution < 1.29 is 4.42 Å². The maximum absolute atomic E-state index is 5.48. The van der Waals surface area contributed by atoms with Crippen LogP contribution in [0.4, 0.5) is 11.9 Å². The fraction of sp³-hybridized carbons (Fsp3) is 0.222. The number of aromatic nitrogens is 3. The second-order valence-electron chi connectivity index (χ2n) is 3.20. The normalized spacial score (nSPS) is 10.5. The zero-order chi connectivity index (χ0) is 11.0. The van der Waals surface area contributed by atoms with E-state index in [-0.39, 0.29) is 11.9 Å². The number of rotatable bonds is 1. The molecular formula is C9H11N5O. The second-order valence-corrected chi connectivity index (χ2v) is 3.20. The molecule has 0 aliphatic carbocycles. The van der Waals surface area contributed by atoms with Crippen molar-refractivity contribution in [2.45, 2.75) is 13.8 Å². The largest absolute Gasteiger partial charge is 0.466 e. The van der Waals surface area contributed by atoms with Crippen molar-refractivity contribution in [2.24, 2.45) is 0 Å². The van der Waals surface area contributed by atoms with Gasteiger partial charge < -0.3 is 15.9 Å². The molecule has 6 nitrogen and oxygen atoms in total. The maximum Gasteiger partial charge on any atom is 0.225 e. The average Bonchev–Trinajstić information content (AvgIpc) is 2.43. The fourth-order valence-corrected chi connectivity index (χ4v) is 1.38. The first-order chi connectivity index (χ1) is 7.06. The number of hydrogen-bond acceptors (Lipinski definition) is 6. The molecule has 0 spiro atoms. The van der Waals surface area contributed by atoms with Gasteiger partial charge in [-0.15, -0.1) is 0 Å². The molecule has 4 N–H and O–H groups in total. The third kappa shape index (κ3) is 1.74. The van der Waals surface area contributed by atoms with Crippen LogP contribution in [0.3, 0.4) is 0 Å². The van der Waals surface area contributed by atoms with E-state index >= 15 is 0 Å². The van der Waals surface area contributed by atoms with E-state index in [1.54, 1.807) is 0 Å². The summed E-state index contributed by atoms with van der Waals surface area (Å²) in [5.41, 5.74) is 11.7. The third-order valence-electron chi connectivity index (χ3n) is 1.95. The van der Waals surface area contributed by atoms with Crippen molar-refractivity contribution >= 4 is 11.9 Å². The van der Waals surface area contributed by atoms with Crippen LogP contribution in [0, 0.1) is 13.8 Å². The van der Waals surface area contributed by atoms with Gasteiger partial charge in [-0.3, -0.25) is 0 Å². The van der Waals surface area contributed by atoms with Crippen LogP contribution in [-0.4, -0.2) is 15.0 Å². The Hall–Kier alpha value is -2.11. The van der Waals surface area contributed by atoms with Gasteiger partial charge in [0.15, 0.2) is 5.82 Å². The summed E-state index contributed by atoms with van der Waals surface area (Å²) in [6.45, 7) is 3.68. The first kappa shape index (κ1) is 9.45. The average molecular weight is 205 g/mol. The molecule has 15 heavy (non-hydrogen) atoms. The molecular weight excluding hydrogens is 194 g/mol. The van der Waals surface area contributed by atoms with Gasteiger partial charge in [-0.2, -0.15) is 15.0 Å². The molecule has 2 heterocycles. The van der Waals surface area contributed by atoms with Gasteiger partial charge in [-0.1, -0.05) is 0 Å². The number of nitrogen functional groups attached to an aromatic ring is 2. The molecule has 0 saturated heterocycles. The molecule has 0 aliphatic rings. The molecule has 0 atom stereocenters. The highest BCUT2D eigenvalue weighted by atomic mass is 16.3. The summed E-state index contributed by atoms with van der Waals surface area (Å²) >= 11 is 0. The molecule has 0 saturated carbocycles. The predicted molar refractivity (Wildman–Crippen MR) is 55.8 cm³/mol. The zero-order valence-electron chi connectivity index (χ0n) is 8.48. The monoisotopic (exact) mass is 205 g/mol. The Balaban J connectivity index is 2.58. The van der Waals surface area contributed by atoms with Gasteiger partial charge in [0.05, 0.1) is 5.56 Å². The highest BCUT2D eigenvalue weighted by Gasteiger charge is 2.11. The van der Waals surface area contributed by atoms with Gasteiger partial charge in [0.2, 0.25) is 11.9 Å². The lowest BCUT2D eigenvalue weighted by atomic mass is 10.2. The van der Waals surface area contributed by atoms with E-state index in [9.17, 15) is 0 Å². The van der Waals surface area contributed by atoms with Crippen LogP contribution in [0.25, 0.3) is 11.4 Å². The fourth-order valence-electron chi connectivity index (χ4n) is 1.38. The highest BCUT2D eigenvalue weighted by molar-refractivity contribution is 5.59. The zero-order valence-corrected chi connectivity index (χ0v) is 8.48. The molecule has 0 aliphatic heterocycles. The number of anilines is 2. The van der Waals surface area contributed by atoms with Gasteiger partial charge in [0, 0.05) is 0 Å². The van der Waals surface area contributed by atoms with Crippen molar-refractivity contribution in [3.63, 3.8) is 0 Å². The summed E-state index contributed by atoms with van der Waals surface area (Å²) in [6.07, 6.45) is 0. The lowest BCUT2D eigenvalue weighted by Crippen LogP contribution is -2.04. The summed E-state index contributed by atoms with van der Waals surface area (Å²) < 4.78 is 5.37. The number of aryl methyl sites for hydroxylation is 2. The molecule has 6 heteroatoms. The molecule has 2 rings (SSSR count). The summed E-state index contributed by atoms with van der Waals surface area (Å²) in [4.78, 5) is 11.7.